The van der Waals surface area contributed by atoms with E-state index >= 15 is 0 Å². The Morgan fingerprint density at radius 1 is 0.711 bits per heavy atom. The van der Waals surface area contributed by atoms with Gasteiger partial charge in [-0.1, -0.05) is 0 Å². The van der Waals surface area contributed by atoms with Crippen LogP contribution in [-0.4, -0.2) is 94.9 Å². The lowest BCUT2D eigenvalue weighted by atomic mass is 10.2. The summed E-state index contributed by atoms with van der Waals surface area (Å²) in [7, 11) is 7.89. The summed E-state index contributed by atoms with van der Waals surface area (Å²) in [6.45, 7) is 1.45. The molecule has 0 saturated carbocycles. The summed E-state index contributed by atoms with van der Waals surface area (Å²) in [6, 6.07) is 7.19. The van der Waals surface area contributed by atoms with Crippen molar-refractivity contribution in [1.82, 2.24) is 31.1 Å². The van der Waals surface area contributed by atoms with Gasteiger partial charge in [0.15, 0.2) is 11.6 Å². The Morgan fingerprint density at radius 3 is 1.38 bits per heavy atom. The van der Waals surface area contributed by atoms with E-state index in [1.165, 1.54) is 14.1 Å². The topological polar surface area (TPSA) is 201 Å². The van der Waals surface area contributed by atoms with Crippen molar-refractivity contribution in [3.8, 4) is 0 Å². The smallest absolute Gasteiger partial charge is 0.296 e. The van der Waals surface area contributed by atoms with Gasteiger partial charge in [-0.05, 0) is 52.5 Å². The minimum Gasteiger partial charge on any atom is -0.464 e. The Morgan fingerprint density at radius 2 is 1.07 bits per heavy atom. The molecule has 2 aromatic rings. The SMILES string of the molecule is CN/C(NCCS(=O)Cc1ccc(CN(C)C)o1)=C(\C/C(=C(/NC)NCCS(=O)Cc1ccc(CN(C)C)o1)[N+](=O)[O-])[N+](=O)[O-]. The number of hydrogen-bond acceptors (Lipinski definition) is 14. The van der Waals surface area contributed by atoms with Gasteiger partial charge in [0.25, 0.3) is 11.4 Å². The van der Waals surface area contributed by atoms with Crippen LogP contribution in [0.25, 0.3) is 0 Å². The first kappa shape index (κ1) is 37.4. The summed E-state index contributed by atoms with van der Waals surface area (Å²) in [4.78, 5) is 26.4. The first-order valence-electron chi connectivity index (χ1n) is 14.1. The van der Waals surface area contributed by atoms with Gasteiger partial charge in [-0.25, -0.2) is 0 Å². The lowest BCUT2D eigenvalue weighted by Gasteiger charge is -2.13. The third kappa shape index (κ3) is 13.4. The van der Waals surface area contributed by atoms with Crippen molar-refractivity contribution in [2.75, 3.05) is 66.9 Å². The highest BCUT2D eigenvalue weighted by Crippen LogP contribution is 2.17. The van der Waals surface area contributed by atoms with Crippen LogP contribution in [-0.2, 0) is 46.2 Å². The molecule has 4 N–H and O–H groups in total. The molecule has 0 aromatic carbocycles. The quantitative estimate of drug-likeness (QED) is 0.102. The Kier molecular flexibility index (Phi) is 15.7. The molecule has 45 heavy (non-hydrogen) atoms. The van der Waals surface area contributed by atoms with E-state index in [0.717, 1.165) is 11.5 Å². The van der Waals surface area contributed by atoms with Crippen LogP contribution in [0.1, 0.15) is 29.5 Å². The number of nitrogens with one attached hydrogen (secondary N) is 4. The van der Waals surface area contributed by atoms with E-state index < -0.39 is 49.3 Å². The fourth-order valence-electron chi connectivity index (χ4n) is 4.15. The van der Waals surface area contributed by atoms with E-state index in [2.05, 4.69) is 21.3 Å². The molecule has 0 bridgehead atoms. The molecule has 0 radical (unpaired) electrons. The van der Waals surface area contributed by atoms with E-state index in [0.29, 0.717) is 24.6 Å². The Bertz CT molecular complexity index is 1280. The summed E-state index contributed by atoms with van der Waals surface area (Å²) in [6.07, 6.45) is -0.638. The van der Waals surface area contributed by atoms with Gasteiger partial charge >= 0.3 is 0 Å². The lowest BCUT2D eigenvalue weighted by molar-refractivity contribution is -0.452. The van der Waals surface area contributed by atoms with Crippen LogP contribution in [0.3, 0.4) is 0 Å². The van der Waals surface area contributed by atoms with Gasteiger partial charge in [0.05, 0.1) is 34.4 Å². The molecule has 0 spiro atoms. The van der Waals surface area contributed by atoms with E-state index in [9.17, 15) is 28.6 Å². The molecule has 2 unspecified atom stereocenters. The van der Waals surface area contributed by atoms with Gasteiger partial charge in [0, 0.05) is 60.3 Å². The first-order valence-corrected chi connectivity index (χ1v) is 17.0. The fraction of sp³-hybridized carbons (Fsp3) is 0.556. The monoisotopic (exact) mass is 672 g/mol. The normalized spacial score (nSPS) is 14.0. The summed E-state index contributed by atoms with van der Waals surface area (Å²) < 4.78 is 36.6. The standard InChI is InChI=1S/C27H44N8O8S2/c1-28-26(30-11-13-44(40)18-22-9-7-20(42-22)16-32(3)4)24(34(36)37)15-25(35(38)39)27(29-2)31-12-14-45(41)19-23-10-8-21(43-23)17-33(5)6/h7-10,28-31H,11-19H2,1-6H3/b26-24-,27-25+. The summed E-state index contributed by atoms with van der Waals surface area (Å²) in [5.74, 6) is 3.28. The van der Waals surface area contributed by atoms with Crippen molar-refractivity contribution in [2.24, 2.45) is 0 Å². The predicted molar refractivity (Wildman–Crippen MR) is 172 cm³/mol. The third-order valence-electron chi connectivity index (χ3n) is 6.10. The van der Waals surface area contributed by atoms with Gasteiger partial charge < -0.3 is 39.9 Å². The zero-order valence-corrected chi connectivity index (χ0v) is 28.2. The second kappa shape index (κ2) is 18.9. The van der Waals surface area contributed by atoms with Crippen LogP contribution in [0.5, 0.6) is 0 Å². The van der Waals surface area contributed by atoms with Crippen molar-refractivity contribution in [3.05, 3.63) is 90.6 Å². The predicted octanol–water partition coefficient (Wildman–Crippen LogP) is 1.09. The van der Waals surface area contributed by atoms with Gasteiger partial charge in [0.1, 0.15) is 29.5 Å². The highest BCUT2D eigenvalue weighted by molar-refractivity contribution is 7.84. The molecule has 2 atom stereocenters. The van der Waals surface area contributed by atoms with Crippen molar-refractivity contribution >= 4 is 21.6 Å². The van der Waals surface area contributed by atoms with Crippen molar-refractivity contribution < 1.29 is 27.1 Å². The van der Waals surface area contributed by atoms with Crippen LogP contribution in [0.2, 0.25) is 0 Å². The van der Waals surface area contributed by atoms with Crippen LogP contribution in [0.4, 0.5) is 0 Å². The van der Waals surface area contributed by atoms with Gasteiger partial charge in [0.2, 0.25) is 0 Å². The van der Waals surface area contributed by atoms with Crippen LogP contribution >= 0.6 is 0 Å². The summed E-state index contributed by atoms with van der Waals surface area (Å²) >= 11 is 0. The van der Waals surface area contributed by atoms with E-state index in [4.69, 9.17) is 8.83 Å². The largest absolute Gasteiger partial charge is 0.464 e. The lowest BCUT2D eigenvalue weighted by Crippen LogP contribution is -2.33. The minimum atomic E-state index is -1.32. The van der Waals surface area contributed by atoms with Gasteiger partial charge in [-0.2, -0.15) is 0 Å². The Labute approximate surface area is 267 Å². The Balaban J connectivity index is 2.02. The molecule has 0 fully saturated rings. The number of furan rings is 2. The molecule has 18 heteroatoms. The van der Waals surface area contributed by atoms with Gasteiger partial charge in [-0.15, -0.1) is 0 Å². The van der Waals surface area contributed by atoms with Crippen molar-refractivity contribution in [3.63, 3.8) is 0 Å². The van der Waals surface area contributed by atoms with Crippen LogP contribution in [0.15, 0.2) is 56.1 Å². The molecule has 16 nitrogen and oxygen atoms in total. The van der Waals surface area contributed by atoms with E-state index in [1.54, 1.807) is 12.1 Å². The molecular weight excluding hydrogens is 628 g/mol. The second-order valence-electron chi connectivity index (χ2n) is 10.5. The number of hydrogen-bond donors (Lipinski definition) is 4. The molecule has 2 rings (SSSR count). The number of rotatable bonds is 22. The fourth-order valence-corrected chi connectivity index (χ4v) is 6.04. The summed E-state index contributed by atoms with van der Waals surface area (Å²) in [5, 5.41) is 35.0. The minimum absolute atomic E-state index is 0.0359. The third-order valence-corrected chi connectivity index (χ3v) is 8.63. The number of nitro groups is 2. The molecule has 0 amide bonds. The highest BCUT2D eigenvalue weighted by Gasteiger charge is 2.29. The highest BCUT2D eigenvalue weighted by atomic mass is 32.2. The maximum Gasteiger partial charge on any atom is 0.296 e. The zero-order valence-electron chi connectivity index (χ0n) is 26.5. The zero-order chi connectivity index (χ0) is 33.5. The molecule has 0 aliphatic heterocycles. The molecule has 2 heterocycles. The molecule has 0 aliphatic carbocycles. The molecule has 2 aromatic heterocycles. The molecular formula is C27H44N8O8S2. The van der Waals surface area contributed by atoms with Crippen LogP contribution < -0.4 is 21.3 Å². The average molecular weight is 673 g/mol. The first-order chi connectivity index (χ1) is 21.3. The van der Waals surface area contributed by atoms with Crippen molar-refractivity contribution in [2.45, 2.75) is 31.0 Å². The van der Waals surface area contributed by atoms with Gasteiger partial charge in [-0.3, -0.25) is 28.6 Å². The van der Waals surface area contributed by atoms with E-state index in [1.807, 2.05) is 50.1 Å². The second-order valence-corrected chi connectivity index (χ2v) is 13.6. The van der Waals surface area contributed by atoms with Crippen molar-refractivity contribution in [1.29, 1.82) is 0 Å². The molecule has 252 valence electrons. The van der Waals surface area contributed by atoms with Crippen LogP contribution in [0, 0.1) is 20.2 Å². The molecule has 0 saturated heterocycles. The van der Waals surface area contributed by atoms with E-state index in [-0.39, 0.29) is 47.7 Å². The summed E-state index contributed by atoms with van der Waals surface area (Å²) in [5.41, 5.74) is -0.947. The Hall–Kier alpha value is -3.74. The molecule has 0 aliphatic rings. The average Bonchev–Trinajstić information content (AvgIpc) is 3.58. The number of nitrogens with zero attached hydrogens (tertiary/aromatic N) is 4. The maximum absolute atomic E-state index is 12.6. The maximum atomic E-state index is 12.6.